The summed E-state index contributed by atoms with van der Waals surface area (Å²) in [7, 11) is 1.73. The van der Waals surface area contributed by atoms with Gasteiger partial charge in [-0.3, -0.25) is 9.59 Å². The van der Waals surface area contributed by atoms with Crippen LogP contribution in [0, 0.1) is 5.41 Å². The van der Waals surface area contributed by atoms with Crippen LogP contribution in [-0.4, -0.2) is 35.0 Å². The summed E-state index contributed by atoms with van der Waals surface area (Å²) in [4.78, 5) is 24.8. The second-order valence-corrected chi connectivity index (χ2v) is 5.07. The maximum Gasteiger partial charge on any atom is 0.310 e. The fourth-order valence-electron chi connectivity index (χ4n) is 2.22. The summed E-state index contributed by atoms with van der Waals surface area (Å²) < 4.78 is 0. The van der Waals surface area contributed by atoms with Gasteiger partial charge in [0.15, 0.2) is 0 Å². The van der Waals surface area contributed by atoms with Gasteiger partial charge in [-0.05, 0) is 26.7 Å². The molecule has 1 fully saturated rings. The molecule has 0 aromatic heterocycles. The average molecular weight is 227 g/mol. The van der Waals surface area contributed by atoms with E-state index in [1.807, 2.05) is 13.8 Å². The van der Waals surface area contributed by atoms with Gasteiger partial charge in [-0.2, -0.15) is 0 Å². The highest BCUT2D eigenvalue weighted by Gasteiger charge is 2.43. The van der Waals surface area contributed by atoms with Gasteiger partial charge in [0.05, 0.1) is 5.41 Å². The van der Waals surface area contributed by atoms with E-state index in [4.69, 9.17) is 0 Å². The highest BCUT2D eigenvalue weighted by Crippen LogP contribution is 2.41. The SMILES string of the molecule is CC(C)N(C)C(=O)CC1(C(=O)O)CCCC1. The summed E-state index contributed by atoms with van der Waals surface area (Å²) in [6.07, 6.45) is 3.27. The minimum Gasteiger partial charge on any atom is -0.481 e. The molecule has 0 atom stereocenters. The molecule has 1 aliphatic rings. The van der Waals surface area contributed by atoms with Gasteiger partial charge in [0.1, 0.15) is 0 Å². The lowest BCUT2D eigenvalue weighted by molar-refractivity contribution is -0.153. The van der Waals surface area contributed by atoms with Crippen molar-refractivity contribution in [1.29, 1.82) is 0 Å². The molecular weight excluding hydrogens is 206 g/mol. The molecule has 0 aromatic rings. The van der Waals surface area contributed by atoms with Crippen molar-refractivity contribution >= 4 is 11.9 Å². The first-order chi connectivity index (χ1) is 7.39. The Labute approximate surface area is 96.6 Å². The topological polar surface area (TPSA) is 57.6 Å². The lowest BCUT2D eigenvalue weighted by Gasteiger charge is -2.28. The summed E-state index contributed by atoms with van der Waals surface area (Å²) >= 11 is 0. The van der Waals surface area contributed by atoms with Gasteiger partial charge in [0.2, 0.25) is 5.91 Å². The van der Waals surface area contributed by atoms with Crippen LogP contribution < -0.4 is 0 Å². The van der Waals surface area contributed by atoms with E-state index in [9.17, 15) is 14.7 Å². The van der Waals surface area contributed by atoms with E-state index in [0.717, 1.165) is 12.8 Å². The second kappa shape index (κ2) is 4.85. The standard InChI is InChI=1S/C12H21NO3/c1-9(2)13(3)10(14)8-12(11(15)16)6-4-5-7-12/h9H,4-8H2,1-3H3,(H,15,16). The second-order valence-electron chi connectivity index (χ2n) is 5.07. The Morgan fingerprint density at radius 3 is 2.19 bits per heavy atom. The van der Waals surface area contributed by atoms with Crippen LogP contribution in [-0.2, 0) is 9.59 Å². The fourth-order valence-corrected chi connectivity index (χ4v) is 2.22. The van der Waals surface area contributed by atoms with Crippen molar-refractivity contribution in [1.82, 2.24) is 4.90 Å². The van der Waals surface area contributed by atoms with Crippen molar-refractivity contribution in [3.63, 3.8) is 0 Å². The number of amides is 1. The molecule has 1 N–H and O–H groups in total. The van der Waals surface area contributed by atoms with Crippen molar-refractivity contribution in [2.24, 2.45) is 5.41 Å². The Morgan fingerprint density at radius 1 is 1.31 bits per heavy atom. The van der Waals surface area contributed by atoms with Gasteiger partial charge in [-0.1, -0.05) is 12.8 Å². The van der Waals surface area contributed by atoms with Gasteiger partial charge in [0.25, 0.3) is 0 Å². The third-order valence-corrected chi connectivity index (χ3v) is 3.67. The monoisotopic (exact) mass is 227 g/mol. The summed E-state index contributed by atoms with van der Waals surface area (Å²) in [5, 5.41) is 9.26. The first kappa shape index (κ1) is 13.0. The lowest BCUT2D eigenvalue weighted by Crippen LogP contribution is -2.39. The Bertz CT molecular complexity index is 280. The third kappa shape index (κ3) is 2.54. The zero-order chi connectivity index (χ0) is 12.3. The van der Waals surface area contributed by atoms with Crippen LogP contribution in [0.1, 0.15) is 46.0 Å². The lowest BCUT2D eigenvalue weighted by atomic mass is 9.82. The number of rotatable bonds is 4. The minimum absolute atomic E-state index is 0.0562. The highest BCUT2D eigenvalue weighted by atomic mass is 16.4. The van der Waals surface area contributed by atoms with E-state index in [0.29, 0.717) is 12.8 Å². The van der Waals surface area contributed by atoms with Gasteiger partial charge >= 0.3 is 5.97 Å². The van der Waals surface area contributed by atoms with Crippen LogP contribution in [0.3, 0.4) is 0 Å². The van der Waals surface area contributed by atoms with Crippen molar-refractivity contribution < 1.29 is 14.7 Å². The van der Waals surface area contributed by atoms with E-state index < -0.39 is 11.4 Å². The summed E-state index contributed by atoms with van der Waals surface area (Å²) in [5.41, 5.74) is -0.791. The van der Waals surface area contributed by atoms with Gasteiger partial charge in [-0.15, -0.1) is 0 Å². The Morgan fingerprint density at radius 2 is 1.81 bits per heavy atom. The van der Waals surface area contributed by atoms with E-state index in [-0.39, 0.29) is 18.4 Å². The van der Waals surface area contributed by atoms with Crippen molar-refractivity contribution in [2.75, 3.05) is 7.05 Å². The molecule has 1 saturated carbocycles. The molecule has 0 radical (unpaired) electrons. The van der Waals surface area contributed by atoms with Crippen molar-refractivity contribution in [2.45, 2.75) is 52.0 Å². The largest absolute Gasteiger partial charge is 0.481 e. The van der Waals surface area contributed by atoms with E-state index in [1.165, 1.54) is 0 Å². The van der Waals surface area contributed by atoms with Crippen LogP contribution in [0.25, 0.3) is 0 Å². The molecule has 0 saturated heterocycles. The highest BCUT2D eigenvalue weighted by molar-refractivity contribution is 5.85. The van der Waals surface area contributed by atoms with Crippen LogP contribution in [0.5, 0.6) is 0 Å². The number of carboxylic acids is 1. The van der Waals surface area contributed by atoms with E-state index >= 15 is 0 Å². The van der Waals surface area contributed by atoms with Crippen LogP contribution in [0.4, 0.5) is 0 Å². The predicted molar refractivity (Wildman–Crippen MR) is 61.1 cm³/mol. The summed E-state index contributed by atoms with van der Waals surface area (Å²) in [5.74, 6) is -0.866. The maximum absolute atomic E-state index is 11.9. The number of hydrogen-bond donors (Lipinski definition) is 1. The average Bonchev–Trinajstić information content (AvgIpc) is 2.66. The zero-order valence-electron chi connectivity index (χ0n) is 10.3. The van der Waals surface area contributed by atoms with Crippen LogP contribution in [0.15, 0.2) is 0 Å². The quantitative estimate of drug-likeness (QED) is 0.797. The molecule has 0 aromatic carbocycles. The molecule has 4 nitrogen and oxygen atoms in total. The molecule has 0 bridgehead atoms. The fraction of sp³-hybridized carbons (Fsp3) is 0.833. The Balaban J connectivity index is 2.70. The van der Waals surface area contributed by atoms with Crippen molar-refractivity contribution in [3.8, 4) is 0 Å². The molecule has 0 unspecified atom stereocenters. The molecule has 1 aliphatic carbocycles. The zero-order valence-corrected chi connectivity index (χ0v) is 10.3. The van der Waals surface area contributed by atoms with Gasteiger partial charge in [0, 0.05) is 19.5 Å². The number of carboxylic acid groups (broad SMARTS) is 1. The molecule has 1 rings (SSSR count). The van der Waals surface area contributed by atoms with Gasteiger partial charge in [-0.25, -0.2) is 0 Å². The van der Waals surface area contributed by atoms with Gasteiger partial charge < -0.3 is 10.0 Å². The number of nitrogens with zero attached hydrogens (tertiary/aromatic N) is 1. The van der Waals surface area contributed by atoms with Crippen LogP contribution >= 0.6 is 0 Å². The molecule has 92 valence electrons. The molecule has 4 heteroatoms. The molecule has 1 amide bonds. The molecule has 0 aliphatic heterocycles. The first-order valence-electron chi connectivity index (χ1n) is 5.88. The normalized spacial score (nSPS) is 18.8. The Kier molecular flexibility index (Phi) is 3.94. The number of carbonyl (C=O) groups excluding carboxylic acids is 1. The van der Waals surface area contributed by atoms with Crippen LogP contribution in [0.2, 0.25) is 0 Å². The van der Waals surface area contributed by atoms with Crippen molar-refractivity contribution in [3.05, 3.63) is 0 Å². The molecule has 0 heterocycles. The predicted octanol–water partition coefficient (Wildman–Crippen LogP) is 1.89. The first-order valence-corrected chi connectivity index (χ1v) is 5.88. The minimum atomic E-state index is -0.810. The Hall–Kier alpha value is -1.06. The molecule has 16 heavy (non-hydrogen) atoms. The van der Waals surface area contributed by atoms with E-state index in [2.05, 4.69) is 0 Å². The molecule has 0 spiro atoms. The smallest absolute Gasteiger partial charge is 0.310 e. The number of hydrogen-bond acceptors (Lipinski definition) is 2. The summed E-state index contributed by atoms with van der Waals surface area (Å²) in [6, 6.07) is 0.125. The summed E-state index contributed by atoms with van der Waals surface area (Å²) in [6.45, 7) is 3.86. The third-order valence-electron chi connectivity index (χ3n) is 3.67. The molecular formula is C12H21NO3. The van der Waals surface area contributed by atoms with E-state index in [1.54, 1.807) is 11.9 Å². The maximum atomic E-state index is 11.9. The number of aliphatic carboxylic acids is 1. The number of carbonyl (C=O) groups is 2.